The van der Waals surface area contributed by atoms with Crippen LogP contribution in [0.3, 0.4) is 0 Å². The highest BCUT2D eigenvalue weighted by Gasteiger charge is 2.39. The molecule has 7 heteroatoms. The molecule has 134 valence electrons. The molecule has 2 aromatic rings. The van der Waals surface area contributed by atoms with Gasteiger partial charge in [0.05, 0.1) is 11.5 Å². The molecule has 2 amide bonds. The normalized spacial score (nSPS) is 20.5. The average Bonchev–Trinajstić information content (AvgIpc) is 3.32. The second kappa shape index (κ2) is 7.66. The van der Waals surface area contributed by atoms with Crippen LogP contribution in [0, 0.1) is 0 Å². The van der Waals surface area contributed by atoms with Crippen LogP contribution < -0.4 is 0 Å². The van der Waals surface area contributed by atoms with Crippen molar-refractivity contribution in [1.29, 1.82) is 0 Å². The Hall–Kier alpha value is -1.73. The van der Waals surface area contributed by atoms with Crippen LogP contribution in [0.2, 0.25) is 0 Å². The number of furan rings is 1. The molecule has 1 saturated heterocycles. The van der Waals surface area contributed by atoms with E-state index in [4.69, 9.17) is 4.42 Å². The summed E-state index contributed by atoms with van der Waals surface area (Å²) in [6.07, 6.45) is 1.50. The van der Waals surface area contributed by atoms with Gasteiger partial charge >= 0.3 is 0 Å². The standard InChI is InChI=1S/C18H22N2O3S2/c1-12(2)19(17(22)14-6-4-10-23-14)8-9-20-16(21)13(3)25-18(20)15-7-5-11-24-15/h4-7,10-13,18H,8-9H2,1-3H3/t13-,18+/m0/s1. The zero-order chi connectivity index (χ0) is 18.0. The number of hydrogen-bond acceptors (Lipinski definition) is 5. The lowest BCUT2D eigenvalue weighted by molar-refractivity contribution is -0.130. The Kier molecular flexibility index (Phi) is 5.54. The summed E-state index contributed by atoms with van der Waals surface area (Å²) >= 11 is 3.33. The monoisotopic (exact) mass is 378 g/mol. The fraction of sp³-hybridized carbons (Fsp3) is 0.444. The molecule has 0 spiro atoms. The SMILES string of the molecule is CC(C)N(CCN1C(=O)[C@H](C)S[C@@H]1c1cccs1)C(=O)c1ccco1. The van der Waals surface area contributed by atoms with Crippen LogP contribution in [0.5, 0.6) is 0 Å². The second-order valence-corrected chi connectivity index (χ2v) is 8.65. The van der Waals surface area contributed by atoms with E-state index in [9.17, 15) is 9.59 Å². The van der Waals surface area contributed by atoms with Crippen molar-refractivity contribution in [2.45, 2.75) is 37.4 Å². The van der Waals surface area contributed by atoms with Gasteiger partial charge < -0.3 is 14.2 Å². The van der Waals surface area contributed by atoms with Gasteiger partial charge in [0.2, 0.25) is 5.91 Å². The first-order chi connectivity index (χ1) is 12.0. The highest BCUT2D eigenvalue weighted by atomic mass is 32.2. The van der Waals surface area contributed by atoms with E-state index in [-0.39, 0.29) is 28.5 Å². The number of amides is 2. The van der Waals surface area contributed by atoms with Crippen molar-refractivity contribution in [2.75, 3.05) is 13.1 Å². The zero-order valence-corrected chi connectivity index (χ0v) is 16.2. The molecule has 0 bridgehead atoms. The van der Waals surface area contributed by atoms with Crippen molar-refractivity contribution in [3.05, 3.63) is 46.5 Å². The largest absolute Gasteiger partial charge is 0.459 e. The summed E-state index contributed by atoms with van der Waals surface area (Å²) in [5.74, 6) is 0.330. The predicted octanol–water partition coefficient (Wildman–Crippen LogP) is 3.85. The minimum absolute atomic E-state index is 0.0283. The maximum atomic E-state index is 12.6. The maximum absolute atomic E-state index is 12.6. The number of thiophene rings is 1. The van der Waals surface area contributed by atoms with E-state index < -0.39 is 0 Å². The van der Waals surface area contributed by atoms with Gasteiger partial charge in [0, 0.05) is 24.0 Å². The summed E-state index contributed by atoms with van der Waals surface area (Å²) in [5.41, 5.74) is 0. The van der Waals surface area contributed by atoms with Crippen LogP contribution in [-0.4, -0.2) is 46.0 Å². The Balaban J connectivity index is 1.72. The first-order valence-corrected chi connectivity index (χ1v) is 10.1. The third-order valence-corrected chi connectivity index (χ3v) is 6.68. The fourth-order valence-corrected chi connectivity index (χ4v) is 5.16. The predicted molar refractivity (Wildman–Crippen MR) is 101 cm³/mol. The Labute approximate surface area is 156 Å². The minimum atomic E-state index is -0.139. The molecule has 0 aromatic carbocycles. The van der Waals surface area contributed by atoms with E-state index in [1.807, 2.05) is 37.1 Å². The van der Waals surface area contributed by atoms with Gasteiger partial charge in [0.25, 0.3) is 5.91 Å². The molecule has 0 unspecified atom stereocenters. The van der Waals surface area contributed by atoms with E-state index in [1.165, 1.54) is 11.1 Å². The molecule has 5 nitrogen and oxygen atoms in total. The van der Waals surface area contributed by atoms with Gasteiger partial charge in [-0.3, -0.25) is 9.59 Å². The molecule has 0 radical (unpaired) electrons. The molecule has 2 atom stereocenters. The summed E-state index contributed by atoms with van der Waals surface area (Å²) in [6.45, 7) is 6.89. The number of hydrogen-bond donors (Lipinski definition) is 0. The quantitative estimate of drug-likeness (QED) is 0.766. The summed E-state index contributed by atoms with van der Waals surface area (Å²) in [6, 6.07) is 7.48. The molecule has 0 aliphatic carbocycles. The van der Waals surface area contributed by atoms with Gasteiger partial charge in [-0.15, -0.1) is 23.1 Å². The third-order valence-electron chi connectivity index (χ3n) is 4.23. The van der Waals surface area contributed by atoms with Crippen molar-refractivity contribution < 1.29 is 14.0 Å². The fourth-order valence-electron chi connectivity index (χ4n) is 2.91. The van der Waals surface area contributed by atoms with Crippen LogP contribution in [0.15, 0.2) is 40.3 Å². The smallest absolute Gasteiger partial charge is 0.289 e. The summed E-state index contributed by atoms with van der Waals surface area (Å²) in [4.78, 5) is 30.0. The van der Waals surface area contributed by atoms with Crippen molar-refractivity contribution >= 4 is 34.9 Å². The van der Waals surface area contributed by atoms with E-state index in [2.05, 4.69) is 6.07 Å². The third kappa shape index (κ3) is 3.77. The van der Waals surface area contributed by atoms with Crippen LogP contribution in [0.25, 0.3) is 0 Å². The van der Waals surface area contributed by atoms with Gasteiger partial charge in [-0.25, -0.2) is 0 Å². The summed E-state index contributed by atoms with van der Waals surface area (Å²) in [7, 11) is 0. The lowest BCUT2D eigenvalue weighted by Crippen LogP contribution is -2.43. The molecule has 3 rings (SSSR count). The first kappa shape index (κ1) is 18.1. The number of carbonyl (C=O) groups excluding carboxylic acids is 2. The van der Waals surface area contributed by atoms with Crippen molar-refractivity contribution in [2.24, 2.45) is 0 Å². The average molecular weight is 379 g/mol. The van der Waals surface area contributed by atoms with Gasteiger partial charge in [-0.1, -0.05) is 6.07 Å². The first-order valence-electron chi connectivity index (χ1n) is 8.33. The van der Waals surface area contributed by atoms with E-state index >= 15 is 0 Å². The Bertz CT molecular complexity index is 713. The highest BCUT2D eigenvalue weighted by molar-refractivity contribution is 8.01. The number of thioether (sulfide) groups is 1. The van der Waals surface area contributed by atoms with E-state index in [1.54, 1.807) is 40.1 Å². The molecule has 1 aliphatic rings. The zero-order valence-electron chi connectivity index (χ0n) is 14.5. The Morgan fingerprint density at radius 1 is 1.36 bits per heavy atom. The van der Waals surface area contributed by atoms with E-state index in [0.717, 1.165) is 0 Å². The van der Waals surface area contributed by atoms with Gasteiger partial charge in [0.15, 0.2) is 5.76 Å². The van der Waals surface area contributed by atoms with Crippen molar-refractivity contribution in [1.82, 2.24) is 9.80 Å². The second-order valence-electron chi connectivity index (χ2n) is 6.25. The number of nitrogens with zero attached hydrogens (tertiary/aromatic N) is 2. The molecule has 3 heterocycles. The topological polar surface area (TPSA) is 53.8 Å². The molecule has 0 saturated carbocycles. The molecule has 25 heavy (non-hydrogen) atoms. The molecule has 1 aliphatic heterocycles. The molecule has 1 fully saturated rings. The van der Waals surface area contributed by atoms with Crippen LogP contribution in [0.1, 0.15) is 41.6 Å². The molecular formula is C18H22N2O3S2. The van der Waals surface area contributed by atoms with Gasteiger partial charge in [0.1, 0.15) is 5.37 Å². The molecule has 2 aromatic heterocycles. The summed E-state index contributed by atoms with van der Waals surface area (Å²) < 4.78 is 5.24. The summed E-state index contributed by atoms with van der Waals surface area (Å²) in [5, 5.41) is 2.01. The van der Waals surface area contributed by atoms with Crippen LogP contribution in [0.4, 0.5) is 0 Å². The Morgan fingerprint density at radius 2 is 2.16 bits per heavy atom. The number of rotatable bonds is 6. The number of carbonyl (C=O) groups is 2. The Morgan fingerprint density at radius 3 is 2.76 bits per heavy atom. The van der Waals surface area contributed by atoms with Crippen LogP contribution in [-0.2, 0) is 4.79 Å². The van der Waals surface area contributed by atoms with Gasteiger partial charge in [-0.05, 0) is 44.4 Å². The van der Waals surface area contributed by atoms with E-state index in [0.29, 0.717) is 18.8 Å². The highest BCUT2D eigenvalue weighted by Crippen LogP contribution is 2.44. The van der Waals surface area contributed by atoms with Gasteiger partial charge in [-0.2, -0.15) is 0 Å². The maximum Gasteiger partial charge on any atom is 0.289 e. The molecular weight excluding hydrogens is 356 g/mol. The van der Waals surface area contributed by atoms with Crippen LogP contribution >= 0.6 is 23.1 Å². The lowest BCUT2D eigenvalue weighted by Gasteiger charge is -2.30. The lowest BCUT2D eigenvalue weighted by atomic mass is 10.2. The molecule has 0 N–H and O–H groups in total. The van der Waals surface area contributed by atoms with Crippen molar-refractivity contribution in [3.8, 4) is 0 Å². The minimum Gasteiger partial charge on any atom is -0.459 e. The van der Waals surface area contributed by atoms with Crippen molar-refractivity contribution in [3.63, 3.8) is 0 Å².